The molecule has 5 nitrogen and oxygen atoms in total. The summed E-state index contributed by atoms with van der Waals surface area (Å²) in [6.45, 7) is 4.31. The van der Waals surface area contributed by atoms with Crippen molar-refractivity contribution in [2.45, 2.75) is 20.8 Å². The van der Waals surface area contributed by atoms with Crippen LogP contribution in [0.25, 0.3) is 0 Å². The van der Waals surface area contributed by atoms with Crippen LogP contribution in [0.4, 0.5) is 5.69 Å². The average molecular weight is 320 g/mol. The number of hydrogen-bond acceptors (Lipinski definition) is 4. The largest absolute Gasteiger partial charge is 0.508 e. The minimum absolute atomic E-state index is 0.0179. The van der Waals surface area contributed by atoms with Crippen LogP contribution in [-0.2, 0) is 14.4 Å². The van der Waals surface area contributed by atoms with Gasteiger partial charge in [0.1, 0.15) is 11.4 Å². The SMILES string of the molecule is CC(=O)N(C1=C(C)C(=O)C(C)=CC1=O)c1ccc(O)cc1Cl. The number of amides is 1. The predicted molar refractivity (Wildman–Crippen MR) is 82.7 cm³/mol. The van der Waals surface area contributed by atoms with Crippen LogP contribution >= 0.6 is 11.6 Å². The van der Waals surface area contributed by atoms with E-state index in [1.54, 1.807) is 6.92 Å². The van der Waals surface area contributed by atoms with Crippen LogP contribution in [0.15, 0.2) is 41.1 Å². The molecular weight excluding hydrogens is 306 g/mol. The normalized spacial score (nSPS) is 15.0. The number of anilines is 1. The van der Waals surface area contributed by atoms with Gasteiger partial charge in [0.05, 0.1) is 10.7 Å². The van der Waals surface area contributed by atoms with E-state index < -0.39 is 11.7 Å². The summed E-state index contributed by atoms with van der Waals surface area (Å²) >= 11 is 6.06. The molecular formula is C16H14ClNO4. The summed E-state index contributed by atoms with van der Waals surface area (Å²) in [7, 11) is 0. The molecule has 0 fully saturated rings. The Morgan fingerprint density at radius 1 is 1.23 bits per heavy atom. The van der Waals surface area contributed by atoms with Crippen LogP contribution in [-0.4, -0.2) is 22.6 Å². The summed E-state index contributed by atoms with van der Waals surface area (Å²) in [5, 5.41) is 9.52. The summed E-state index contributed by atoms with van der Waals surface area (Å²) in [6, 6.07) is 4.03. The lowest BCUT2D eigenvalue weighted by Gasteiger charge is -2.27. The third kappa shape index (κ3) is 2.67. The topological polar surface area (TPSA) is 74.7 Å². The van der Waals surface area contributed by atoms with E-state index in [1.165, 1.54) is 38.1 Å². The second-order valence-corrected chi connectivity index (χ2v) is 5.39. The summed E-state index contributed by atoms with van der Waals surface area (Å²) < 4.78 is 0. The van der Waals surface area contributed by atoms with Crippen LogP contribution < -0.4 is 4.90 Å². The quantitative estimate of drug-likeness (QED) is 0.851. The van der Waals surface area contributed by atoms with Gasteiger partial charge in [0.2, 0.25) is 11.7 Å². The zero-order valence-corrected chi connectivity index (χ0v) is 13.1. The summed E-state index contributed by atoms with van der Waals surface area (Å²) in [5.41, 5.74) is 0.724. The Balaban J connectivity index is 2.65. The van der Waals surface area contributed by atoms with Crippen molar-refractivity contribution in [2.75, 3.05) is 4.90 Å². The molecule has 114 valence electrons. The molecule has 1 N–H and O–H groups in total. The Bertz CT molecular complexity index is 761. The third-order valence-corrected chi connectivity index (χ3v) is 3.65. The van der Waals surface area contributed by atoms with Gasteiger partial charge in [-0.25, -0.2) is 0 Å². The van der Waals surface area contributed by atoms with Crippen molar-refractivity contribution < 1.29 is 19.5 Å². The first-order valence-electron chi connectivity index (χ1n) is 6.51. The van der Waals surface area contributed by atoms with Gasteiger partial charge in [-0.15, -0.1) is 0 Å². The highest BCUT2D eigenvalue weighted by Crippen LogP contribution is 2.34. The second-order valence-electron chi connectivity index (χ2n) is 4.98. The lowest BCUT2D eigenvalue weighted by atomic mass is 9.94. The van der Waals surface area contributed by atoms with E-state index in [4.69, 9.17) is 11.6 Å². The molecule has 2 rings (SSSR count). The van der Waals surface area contributed by atoms with E-state index >= 15 is 0 Å². The molecule has 0 unspecified atom stereocenters. The van der Waals surface area contributed by atoms with Gasteiger partial charge >= 0.3 is 0 Å². The van der Waals surface area contributed by atoms with E-state index in [2.05, 4.69) is 0 Å². The molecule has 0 aromatic heterocycles. The number of hydrogen-bond donors (Lipinski definition) is 1. The summed E-state index contributed by atoms with van der Waals surface area (Å²) in [5.74, 6) is -1.26. The lowest BCUT2D eigenvalue weighted by Crippen LogP contribution is -2.35. The van der Waals surface area contributed by atoms with Crippen molar-refractivity contribution in [2.24, 2.45) is 0 Å². The molecule has 1 aliphatic rings. The van der Waals surface area contributed by atoms with Crippen molar-refractivity contribution in [1.29, 1.82) is 0 Å². The van der Waals surface area contributed by atoms with Gasteiger partial charge < -0.3 is 5.11 Å². The standard InChI is InChI=1S/C16H14ClNO4/c1-8-6-14(21)15(9(2)16(8)22)18(10(3)19)13-5-4-11(20)7-12(13)17/h4-7,20H,1-3H3. The van der Waals surface area contributed by atoms with Gasteiger partial charge in [-0.05, 0) is 32.1 Å². The van der Waals surface area contributed by atoms with Crippen molar-refractivity contribution in [3.63, 3.8) is 0 Å². The summed E-state index contributed by atoms with van der Waals surface area (Å²) in [6.07, 6.45) is 1.20. The van der Waals surface area contributed by atoms with Gasteiger partial charge in [0.15, 0.2) is 5.78 Å². The van der Waals surface area contributed by atoms with Crippen LogP contribution in [0, 0.1) is 0 Å². The molecule has 0 bridgehead atoms. The number of rotatable bonds is 2. The Morgan fingerprint density at radius 2 is 1.86 bits per heavy atom. The monoisotopic (exact) mass is 319 g/mol. The van der Waals surface area contributed by atoms with Gasteiger partial charge in [-0.3, -0.25) is 19.3 Å². The van der Waals surface area contributed by atoms with Gasteiger partial charge in [0.25, 0.3) is 0 Å². The van der Waals surface area contributed by atoms with Crippen molar-refractivity contribution in [1.82, 2.24) is 0 Å². The first kappa shape index (κ1) is 16.0. The number of benzene rings is 1. The fraction of sp³-hybridized carbons (Fsp3) is 0.188. The molecule has 0 radical (unpaired) electrons. The Labute approximate surface area is 132 Å². The zero-order chi connectivity index (χ0) is 16.6. The van der Waals surface area contributed by atoms with Crippen molar-refractivity contribution in [3.8, 4) is 5.75 Å². The smallest absolute Gasteiger partial charge is 0.228 e. The molecule has 0 saturated carbocycles. The molecule has 22 heavy (non-hydrogen) atoms. The number of carbonyl (C=O) groups excluding carboxylic acids is 3. The van der Waals surface area contributed by atoms with E-state index in [0.29, 0.717) is 5.57 Å². The third-order valence-electron chi connectivity index (χ3n) is 3.35. The van der Waals surface area contributed by atoms with E-state index in [1.807, 2.05) is 0 Å². The Kier molecular flexibility index (Phi) is 4.19. The highest BCUT2D eigenvalue weighted by molar-refractivity contribution is 6.35. The maximum atomic E-state index is 12.3. The molecule has 0 heterocycles. The highest BCUT2D eigenvalue weighted by atomic mass is 35.5. The number of phenols is 1. The molecule has 0 spiro atoms. The van der Waals surface area contributed by atoms with E-state index in [-0.39, 0.29) is 33.5 Å². The number of allylic oxidation sites excluding steroid dienone is 3. The molecule has 0 aliphatic heterocycles. The van der Waals surface area contributed by atoms with Gasteiger partial charge in [0, 0.05) is 24.1 Å². The molecule has 1 amide bonds. The van der Waals surface area contributed by atoms with E-state index in [9.17, 15) is 19.5 Å². The minimum Gasteiger partial charge on any atom is -0.508 e. The molecule has 0 saturated heterocycles. The molecule has 0 atom stereocenters. The summed E-state index contributed by atoms with van der Waals surface area (Å²) in [4.78, 5) is 37.5. The van der Waals surface area contributed by atoms with Crippen LogP contribution in [0.3, 0.4) is 0 Å². The first-order chi connectivity index (χ1) is 10.2. The number of halogens is 1. The van der Waals surface area contributed by atoms with Crippen molar-refractivity contribution in [3.05, 3.63) is 46.1 Å². The number of nitrogens with zero attached hydrogens (tertiary/aromatic N) is 1. The highest BCUT2D eigenvalue weighted by Gasteiger charge is 2.31. The van der Waals surface area contributed by atoms with Crippen LogP contribution in [0.1, 0.15) is 20.8 Å². The Morgan fingerprint density at radius 3 is 2.41 bits per heavy atom. The van der Waals surface area contributed by atoms with Crippen molar-refractivity contribution >= 4 is 34.8 Å². The lowest BCUT2D eigenvalue weighted by molar-refractivity contribution is -0.118. The predicted octanol–water partition coefficient (Wildman–Crippen LogP) is 2.77. The number of carbonyl (C=O) groups is 3. The van der Waals surface area contributed by atoms with Crippen LogP contribution in [0.5, 0.6) is 5.75 Å². The average Bonchev–Trinajstić information content (AvgIpc) is 2.42. The Hall–Kier alpha value is -2.40. The van der Waals surface area contributed by atoms with Crippen LogP contribution in [0.2, 0.25) is 5.02 Å². The van der Waals surface area contributed by atoms with Gasteiger partial charge in [-0.1, -0.05) is 11.6 Å². The fourth-order valence-electron chi connectivity index (χ4n) is 2.32. The maximum Gasteiger partial charge on any atom is 0.228 e. The first-order valence-corrected chi connectivity index (χ1v) is 6.89. The minimum atomic E-state index is -0.462. The molecule has 1 aromatic rings. The number of Topliss-reactive ketones (excluding diaryl/α,β-unsaturated/α-hetero) is 1. The number of ketones is 2. The maximum absolute atomic E-state index is 12.3. The molecule has 1 aromatic carbocycles. The fourth-order valence-corrected chi connectivity index (χ4v) is 2.58. The zero-order valence-electron chi connectivity index (χ0n) is 12.3. The van der Waals surface area contributed by atoms with Gasteiger partial charge in [-0.2, -0.15) is 0 Å². The second kappa shape index (κ2) is 5.77. The molecule has 1 aliphatic carbocycles. The molecule has 6 heteroatoms. The van der Waals surface area contributed by atoms with E-state index in [0.717, 1.165) is 4.90 Å². The number of phenolic OH excluding ortho intramolecular Hbond substituents is 1. The number of aromatic hydroxyl groups is 1.